The van der Waals surface area contributed by atoms with Gasteiger partial charge >= 0.3 is 18.2 Å². The van der Waals surface area contributed by atoms with E-state index in [1.807, 2.05) is 67.6 Å². The van der Waals surface area contributed by atoms with Crippen molar-refractivity contribution >= 4 is 63.8 Å². The predicted octanol–water partition coefficient (Wildman–Crippen LogP) is 5.37. The summed E-state index contributed by atoms with van der Waals surface area (Å²) in [6, 6.07) is 17.3. The van der Waals surface area contributed by atoms with Crippen molar-refractivity contribution in [3.8, 4) is 0 Å². The van der Waals surface area contributed by atoms with Crippen LogP contribution in [-0.2, 0) is 28.6 Å². The van der Waals surface area contributed by atoms with Crippen LogP contribution in [0.15, 0.2) is 83.4 Å². The van der Waals surface area contributed by atoms with Crippen molar-refractivity contribution in [2.24, 2.45) is 5.73 Å². The Balaban J connectivity index is 1.35. The highest BCUT2D eigenvalue weighted by molar-refractivity contribution is 8.00. The highest BCUT2D eigenvalue weighted by atomic mass is 32.2. The van der Waals surface area contributed by atoms with Crippen LogP contribution in [0.1, 0.15) is 57.0 Å². The number of amides is 4. The smallest absolute Gasteiger partial charge is 0.413 e. The Bertz CT molecular complexity index is 1780. The zero-order chi connectivity index (χ0) is 36.0. The number of fused-ring (bicyclic) bond motifs is 1. The number of nitrogens with one attached hydrogen (secondary N) is 2. The van der Waals surface area contributed by atoms with Gasteiger partial charge in [0.05, 0.1) is 11.3 Å². The van der Waals surface area contributed by atoms with E-state index in [-0.39, 0.29) is 28.8 Å². The fourth-order valence-corrected chi connectivity index (χ4v) is 7.29. The van der Waals surface area contributed by atoms with Gasteiger partial charge in [0.1, 0.15) is 29.3 Å². The van der Waals surface area contributed by atoms with Crippen molar-refractivity contribution < 1.29 is 38.2 Å². The van der Waals surface area contributed by atoms with Crippen molar-refractivity contribution in [2.75, 3.05) is 17.7 Å². The molecule has 4 amide bonds. The fourth-order valence-electron chi connectivity index (χ4n) is 5.27. The number of carbonyl (C=O) groups is 5. The molecule has 4 N–H and O–H groups in total. The molecule has 3 heterocycles. The summed E-state index contributed by atoms with van der Waals surface area (Å²) in [5, 5.41) is 6.57. The maximum absolute atomic E-state index is 14.0. The fraction of sp³-hybridized carbons (Fsp3) is 0.314. The maximum Gasteiger partial charge on any atom is 0.413 e. The van der Waals surface area contributed by atoms with Crippen LogP contribution in [0, 0.1) is 0 Å². The minimum absolute atomic E-state index is 0.0657. The second-order valence-electron chi connectivity index (χ2n) is 12.2. The van der Waals surface area contributed by atoms with Gasteiger partial charge in [0.25, 0.3) is 11.8 Å². The third-order valence-electron chi connectivity index (χ3n) is 7.39. The summed E-state index contributed by atoms with van der Waals surface area (Å²) in [6.45, 7) is 6.74. The third-order valence-corrected chi connectivity index (χ3v) is 9.48. The average Bonchev–Trinajstić information content (AvgIpc) is 3.54. The van der Waals surface area contributed by atoms with Gasteiger partial charge in [0, 0.05) is 16.7 Å². The number of rotatable bonds is 11. The SMILES string of the molecule is CC/C=C(\C(=O)N[C@@H]1C(=O)N2C(C(=O)OC(c3ccccc3)c3ccccc3)=C(COC(N)=O)CS[C@@H]12)c1csc(NC(=O)OC(C)(C)C)n1. The van der Waals surface area contributed by atoms with Gasteiger partial charge in [-0.2, -0.15) is 0 Å². The number of carbonyl (C=O) groups excluding carboxylic acids is 5. The summed E-state index contributed by atoms with van der Waals surface area (Å²) < 4.78 is 16.4. The molecule has 2 atom stereocenters. The van der Waals surface area contributed by atoms with Crippen molar-refractivity contribution in [2.45, 2.75) is 57.2 Å². The van der Waals surface area contributed by atoms with Crippen LogP contribution in [-0.4, -0.2) is 69.2 Å². The molecule has 1 saturated heterocycles. The van der Waals surface area contributed by atoms with Crippen LogP contribution >= 0.6 is 23.1 Å². The van der Waals surface area contributed by atoms with Crippen LogP contribution in [0.3, 0.4) is 0 Å². The normalized spacial score (nSPS) is 17.4. The Hall–Kier alpha value is -5.15. The number of ether oxygens (including phenoxy) is 3. The van der Waals surface area contributed by atoms with Gasteiger partial charge in [-0.25, -0.2) is 19.4 Å². The Morgan fingerprint density at radius 1 is 1.06 bits per heavy atom. The molecule has 262 valence electrons. The number of thioether (sulfide) groups is 1. The molecule has 3 aromatic rings. The lowest BCUT2D eigenvalue weighted by Crippen LogP contribution is -2.70. The lowest BCUT2D eigenvalue weighted by atomic mass is 10.0. The lowest BCUT2D eigenvalue weighted by Gasteiger charge is -2.49. The van der Waals surface area contributed by atoms with E-state index in [0.717, 1.165) is 11.3 Å². The molecule has 1 aromatic heterocycles. The molecule has 0 saturated carbocycles. The van der Waals surface area contributed by atoms with Crippen molar-refractivity contribution in [1.29, 1.82) is 0 Å². The molecule has 0 aliphatic carbocycles. The molecule has 0 radical (unpaired) electrons. The first-order valence-corrected chi connectivity index (χ1v) is 17.7. The zero-order valence-corrected chi connectivity index (χ0v) is 29.5. The first-order chi connectivity index (χ1) is 23.9. The van der Waals surface area contributed by atoms with E-state index in [2.05, 4.69) is 15.6 Å². The van der Waals surface area contributed by atoms with Crippen LogP contribution in [0.2, 0.25) is 0 Å². The van der Waals surface area contributed by atoms with Gasteiger partial charge in [0.15, 0.2) is 11.2 Å². The number of benzene rings is 2. The number of nitrogens with two attached hydrogens (primary N) is 1. The predicted molar refractivity (Wildman–Crippen MR) is 189 cm³/mol. The molecule has 0 unspecified atom stereocenters. The second kappa shape index (κ2) is 15.6. The van der Waals surface area contributed by atoms with Gasteiger partial charge in [-0.3, -0.25) is 19.8 Å². The molecule has 5 rings (SSSR count). The van der Waals surface area contributed by atoms with Crippen molar-refractivity contribution in [1.82, 2.24) is 15.2 Å². The number of hydrogen-bond donors (Lipinski definition) is 3. The van der Waals surface area contributed by atoms with Crippen LogP contribution in [0.25, 0.3) is 5.57 Å². The molecule has 15 heteroatoms. The summed E-state index contributed by atoms with van der Waals surface area (Å²) in [6.07, 6.45) is -0.355. The summed E-state index contributed by atoms with van der Waals surface area (Å²) in [5.41, 5.74) is 6.75. The molecule has 2 aliphatic rings. The summed E-state index contributed by atoms with van der Waals surface area (Å²) in [5.74, 6) is -1.70. The Morgan fingerprint density at radius 2 is 1.70 bits per heavy atom. The number of allylic oxidation sites excluding steroid dienone is 1. The van der Waals surface area contributed by atoms with E-state index in [1.165, 1.54) is 16.7 Å². The largest absolute Gasteiger partial charge is 0.448 e. The van der Waals surface area contributed by atoms with E-state index in [9.17, 15) is 24.0 Å². The number of aromatic nitrogens is 1. The Labute approximate surface area is 297 Å². The monoisotopic (exact) mass is 719 g/mol. The van der Waals surface area contributed by atoms with Gasteiger partial charge < -0.3 is 25.3 Å². The van der Waals surface area contributed by atoms with Crippen LogP contribution < -0.4 is 16.4 Å². The summed E-state index contributed by atoms with van der Waals surface area (Å²) in [4.78, 5) is 70.7. The minimum Gasteiger partial charge on any atom is -0.448 e. The van der Waals surface area contributed by atoms with Crippen molar-refractivity contribution in [3.05, 3.63) is 100 Å². The number of thiazole rings is 1. The van der Waals surface area contributed by atoms with E-state index in [4.69, 9.17) is 19.9 Å². The number of esters is 1. The van der Waals surface area contributed by atoms with Gasteiger partial charge in [-0.15, -0.1) is 23.1 Å². The highest BCUT2D eigenvalue weighted by Gasteiger charge is 2.55. The number of anilines is 1. The zero-order valence-electron chi connectivity index (χ0n) is 27.8. The first-order valence-electron chi connectivity index (χ1n) is 15.7. The maximum atomic E-state index is 14.0. The first kappa shape index (κ1) is 36.1. The molecule has 13 nitrogen and oxygen atoms in total. The molecule has 0 spiro atoms. The minimum atomic E-state index is -1.04. The standard InChI is InChI=1S/C35H37N5O8S2/c1-5-12-23(24-19-50-33(37-24)39-34(45)48-35(2,3)4)28(41)38-25-29(42)40-26(22(17-46-32(36)44)18-49-30(25)40)31(43)47-27(20-13-8-6-9-14-20)21-15-10-7-11-16-21/h6-16,19,25,27,30H,5,17-18H2,1-4H3,(H2,36,44)(H,38,41)(H,37,39,45)/b23-12-/t25-,30+/m1/s1. The second-order valence-corrected chi connectivity index (χ2v) is 14.2. The Kier molecular flexibility index (Phi) is 11.3. The number of hydrogen-bond acceptors (Lipinski definition) is 11. The lowest BCUT2D eigenvalue weighted by molar-refractivity contribution is -0.154. The Morgan fingerprint density at radius 3 is 2.28 bits per heavy atom. The molecule has 2 aliphatic heterocycles. The van der Waals surface area contributed by atoms with Crippen molar-refractivity contribution in [3.63, 3.8) is 0 Å². The topological polar surface area (TPSA) is 179 Å². The molecular weight excluding hydrogens is 683 g/mol. The quantitative estimate of drug-likeness (QED) is 0.101. The van der Waals surface area contributed by atoms with Crippen LogP contribution in [0.5, 0.6) is 0 Å². The van der Waals surface area contributed by atoms with Crippen LogP contribution in [0.4, 0.5) is 14.7 Å². The van der Waals surface area contributed by atoms with E-state index >= 15 is 0 Å². The molecule has 0 bridgehead atoms. The summed E-state index contributed by atoms with van der Waals surface area (Å²) in [7, 11) is 0. The molecular formula is C35H37N5O8S2. The molecule has 1 fully saturated rings. The van der Waals surface area contributed by atoms with E-state index in [0.29, 0.717) is 28.8 Å². The van der Waals surface area contributed by atoms with E-state index < -0.39 is 53.1 Å². The third kappa shape index (κ3) is 8.52. The summed E-state index contributed by atoms with van der Waals surface area (Å²) >= 11 is 2.41. The number of nitrogens with zero attached hydrogens (tertiary/aromatic N) is 2. The molecule has 2 aromatic carbocycles. The highest BCUT2D eigenvalue weighted by Crippen LogP contribution is 2.42. The number of primary amides is 1. The van der Waals surface area contributed by atoms with E-state index in [1.54, 1.807) is 32.2 Å². The average molecular weight is 720 g/mol. The number of β-lactam (4-membered cyclic amide) rings is 1. The van der Waals surface area contributed by atoms with Gasteiger partial charge in [-0.05, 0) is 38.3 Å². The molecule has 50 heavy (non-hydrogen) atoms. The van der Waals surface area contributed by atoms with Gasteiger partial charge in [0.2, 0.25) is 0 Å². The van der Waals surface area contributed by atoms with Gasteiger partial charge in [-0.1, -0.05) is 73.7 Å².